The van der Waals surface area contributed by atoms with Gasteiger partial charge in [-0.2, -0.15) is 0 Å². The number of aliphatic hydroxyl groups is 2. The van der Waals surface area contributed by atoms with Crippen LogP contribution in [0, 0.1) is 0 Å². The van der Waals surface area contributed by atoms with Gasteiger partial charge in [0.1, 0.15) is 13.2 Å². The van der Waals surface area contributed by atoms with Crippen molar-refractivity contribution in [2.24, 2.45) is 0 Å². The van der Waals surface area contributed by atoms with Crippen molar-refractivity contribution in [3.05, 3.63) is 0 Å². The lowest BCUT2D eigenvalue weighted by atomic mass is 10.4. The quantitative estimate of drug-likeness (QED) is 0.121. The van der Waals surface area contributed by atoms with Crippen molar-refractivity contribution in [2.45, 2.75) is 78.2 Å². The number of hydrogen-bond donors (Lipinski definition) is 2. The van der Waals surface area contributed by atoms with Crippen LogP contribution in [0.3, 0.4) is 0 Å². The third-order valence-electron chi connectivity index (χ3n) is 3.94. The Morgan fingerprint density at radius 3 is 1.84 bits per heavy atom. The molecular formula is C20H44O10P2. The van der Waals surface area contributed by atoms with Crippen LogP contribution >= 0.6 is 16.1 Å². The zero-order valence-corrected chi connectivity index (χ0v) is 22.0. The van der Waals surface area contributed by atoms with Gasteiger partial charge >= 0.3 is 0 Å². The Morgan fingerprint density at radius 2 is 1.28 bits per heavy atom. The molecule has 0 aliphatic rings. The van der Waals surface area contributed by atoms with Crippen molar-refractivity contribution >= 4 is 16.1 Å². The standard InChI is InChI=1S/C20H44O10P2/c1-5-9-25-19(22)15-28-20(26-10-6-2)16-30-32(24)12-8-7-11-31(23)29-14-18(4)27-13-17(3)21/h17-22,31-32H,5-16H2,1-4H3. The van der Waals surface area contributed by atoms with Crippen molar-refractivity contribution in [3.63, 3.8) is 0 Å². The lowest BCUT2D eigenvalue weighted by molar-refractivity contribution is -0.209. The molecule has 0 rings (SSSR count). The van der Waals surface area contributed by atoms with E-state index in [0.29, 0.717) is 38.4 Å². The zero-order valence-electron chi connectivity index (χ0n) is 20.0. The summed E-state index contributed by atoms with van der Waals surface area (Å²) in [4.78, 5) is 0. The third-order valence-corrected chi connectivity index (χ3v) is 6.44. The van der Waals surface area contributed by atoms with Gasteiger partial charge in [-0.05, 0) is 39.5 Å². The van der Waals surface area contributed by atoms with Gasteiger partial charge in [0.15, 0.2) is 28.6 Å². The Kier molecular flexibility index (Phi) is 21.8. The van der Waals surface area contributed by atoms with Gasteiger partial charge in [-0.25, -0.2) is 0 Å². The molecule has 6 unspecified atom stereocenters. The molecule has 0 saturated heterocycles. The van der Waals surface area contributed by atoms with E-state index >= 15 is 0 Å². The maximum absolute atomic E-state index is 12.1. The summed E-state index contributed by atoms with van der Waals surface area (Å²) < 4.78 is 56.2. The summed E-state index contributed by atoms with van der Waals surface area (Å²) in [6, 6.07) is 0. The van der Waals surface area contributed by atoms with E-state index in [0.717, 1.165) is 12.8 Å². The van der Waals surface area contributed by atoms with Crippen LogP contribution in [-0.4, -0.2) is 87.0 Å². The fourth-order valence-corrected chi connectivity index (χ4v) is 4.40. The highest BCUT2D eigenvalue weighted by molar-refractivity contribution is 7.39. The molecule has 0 amide bonds. The molecule has 0 aromatic rings. The van der Waals surface area contributed by atoms with Crippen molar-refractivity contribution in [1.29, 1.82) is 0 Å². The number of unbranched alkanes of at least 4 members (excludes halogenated alkanes) is 1. The highest BCUT2D eigenvalue weighted by Crippen LogP contribution is 2.28. The minimum Gasteiger partial charge on any atom is -0.391 e. The highest BCUT2D eigenvalue weighted by atomic mass is 31.1. The van der Waals surface area contributed by atoms with Crippen molar-refractivity contribution in [3.8, 4) is 0 Å². The van der Waals surface area contributed by atoms with Crippen molar-refractivity contribution in [1.82, 2.24) is 0 Å². The minimum absolute atomic E-state index is 0.00233. The topological polar surface area (TPSA) is 130 Å². The largest absolute Gasteiger partial charge is 0.391 e. The summed E-state index contributed by atoms with van der Waals surface area (Å²) in [5.74, 6) is 0. The van der Waals surface area contributed by atoms with Gasteiger partial charge in [0.25, 0.3) is 0 Å². The maximum atomic E-state index is 12.1. The molecule has 0 heterocycles. The molecular weight excluding hydrogens is 462 g/mol. The fourth-order valence-electron chi connectivity index (χ4n) is 2.29. The van der Waals surface area contributed by atoms with Gasteiger partial charge in [-0.15, -0.1) is 0 Å². The summed E-state index contributed by atoms with van der Waals surface area (Å²) in [5.41, 5.74) is 0. The van der Waals surface area contributed by atoms with E-state index < -0.39 is 34.7 Å². The van der Waals surface area contributed by atoms with Crippen LogP contribution in [0.15, 0.2) is 0 Å². The van der Waals surface area contributed by atoms with Crippen LogP contribution in [0.25, 0.3) is 0 Å². The van der Waals surface area contributed by atoms with Gasteiger partial charge < -0.3 is 38.2 Å². The number of aliphatic hydroxyl groups excluding tert-OH is 2. The van der Waals surface area contributed by atoms with Gasteiger partial charge in [0.2, 0.25) is 0 Å². The number of hydrogen-bond acceptors (Lipinski definition) is 10. The fraction of sp³-hybridized carbons (Fsp3) is 1.00. The Labute approximate surface area is 194 Å². The molecule has 32 heavy (non-hydrogen) atoms. The van der Waals surface area contributed by atoms with Crippen LogP contribution in [0.5, 0.6) is 0 Å². The first-order chi connectivity index (χ1) is 15.3. The Morgan fingerprint density at radius 1 is 0.719 bits per heavy atom. The molecule has 0 spiro atoms. The molecule has 0 aromatic carbocycles. The van der Waals surface area contributed by atoms with Crippen LogP contribution < -0.4 is 0 Å². The first-order valence-electron chi connectivity index (χ1n) is 11.4. The van der Waals surface area contributed by atoms with Crippen LogP contribution in [0.4, 0.5) is 0 Å². The first-order valence-corrected chi connectivity index (χ1v) is 14.5. The normalized spacial score (nSPS) is 17.6. The van der Waals surface area contributed by atoms with E-state index in [-0.39, 0.29) is 32.5 Å². The monoisotopic (exact) mass is 506 g/mol. The highest BCUT2D eigenvalue weighted by Gasteiger charge is 2.15. The summed E-state index contributed by atoms with van der Waals surface area (Å²) in [6.07, 6.45) is 1.01. The number of rotatable bonds is 23. The average Bonchev–Trinajstić information content (AvgIpc) is 2.76. The van der Waals surface area contributed by atoms with E-state index in [9.17, 15) is 14.2 Å². The molecule has 194 valence electrons. The zero-order chi connectivity index (χ0) is 24.2. The van der Waals surface area contributed by atoms with Crippen molar-refractivity contribution in [2.75, 3.05) is 52.0 Å². The van der Waals surface area contributed by atoms with Gasteiger partial charge in [-0.3, -0.25) is 9.13 Å². The molecule has 10 nitrogen and oxygen atoms in total. The Balaban J connectivity index is 3.97. The summed E-state index contributed by atoms with van der Waals surface area (Å²) in [7, 11) is -4.46. The van der Waals surface area contributed by atoms with E-state index in [1.807, 2.05) is 13.8 Å². The van der Waals surface area contributed by atoms with Crippen LogP contribution in [0.1, 0.15) is 53.4 Å². The number of ether oxygens (including phenoxy) is 4. The molecule has 2 N–H and O–H groups in total. The SMILES string of the molecule is CCCOC(O)COC(CO[PH](=O)CCCC[PH](=O)OCC(C)OCC(C)O)OCCC. The Hall–Kier alpha value is 0.140. The predicted octanol–water partition coefficient (Wildman–Crippen LogP) is 3.05. The minimum atomic E-state index is -2.28. The summed E-state index contributed by atoms with van der Waals surface area (Å²) in [6.45, 7) is 8.57. The molecule has 12 heteroatoms. The van der Waals surface area contributed by atoms with E-state index in [4.69, 9.17) is 33.1 Å². The molecule has 0 aliphatic carbocycles. The van der Waals surface area contributed by atoms with Gasteiger partial charge in [0.05, 0.1) is 25.4 Å². The smallest absolute Gasteiger partial charge is 0.191 e. The summed E-state index contributed by atoms with van der Waals surface area (Å²) >= 11 is 0. The second-order valence-corrected chi connectivity index (χ2v) is 10.6. The van der Waals surface area contributed by atoms with Gasteiger partial charge in [0, 0.05) is 25.5 Å². The van der Waals surface area contributed by atoms with E-state index in [1.54, 1.807) is 13.8 Å². The van der Waals surface area contributed by atoms with Crippen LogP contribution in [-0.2, 0) is 37.1 Å². The maximum Gasteiger partial charge on any atom is 0.191 e. The van der Waals surface area contributed by atoms with Crippen LogP contribution in [0.2, 0.25) is 0 Å². The second-order valence-electron chi connectivity index (χ2n) is 7.53. The molecule has 0 aliphatic heterocycles. The first kappa shape index (κ1) is 32.1. The van der Waals surface area contributed by atoms with Crippen molar-refractivity contribution < 1.29 is 47.3 Å². The molecule has 6 atom stereocenters. The summed E-state index contributed by atoms with van der Waals surface area (Å²) in [5, 5.41) is 18.9. The molecule has 0 radical (unpaired) electrons. The average molecular weight is 507 g/mol. The molecule has 0 saturated carbocycles. The molecule has 0 aromatic heterocycles. The van der Waals surface area contributed by atoms with E-state index in [1.165, 1.54) is 0 Å². The molecule has 0 bridgehead atoms. The van der Waals surface area contributed by atoms with E-state index in [2.05, 4.69) is 0 Å². The lowest BCUT2D eigenvalue weighted by Crippen LogP contribution is -2.29. The predicted molar refractivity (Wildman–Crippen MR) is 124 cm³/mol. The second kappa shape index (κ2) is 21.7. The third kappa shape index (κ3) is 20.7. The lowest BCUT2D eigenvalue weighted by Gasteiger charge is -2.20. The molecule has 0 fully saturated rings. The Bertz CT molecular complexity index is 481. The van der Waals surface area contributed by atoms with Gasteiger partial charge in [-0.1, -0.05) is 13.8 Å².